The summed E-state index contributed by atoms with van der Waals surface area (Å²) in [6, 6.07) is 16.8. The average molecular weight is 568 g/mol. The summed E-state index contributed by atoms with van der Waals surface area (Å²) in [7, 11) is -0.638. The standard InChI is InChI=1S/C33H49NO5Si/c1-9-21-34(31(33(36)37-8)16-13-22-39-40(25(2)3,26(4)5)27(6)7)32(35)23-28-17-19-30(20-18-28)38-24-29-14-11-10-12-15-29/h9-12,14-15,17-20,25-27,31H,1,13,16,21-24H2,2-8H3/t31-/m0/s1. The van der Waals surface area contributed by atoms with Crippen LogP contribution in [0.15, 0.2) is 67.3 Å². The van der Waals surface area contributed by atoms with Crippen molar-refractivity contribution in [1.82, 2.24) is 4.90 Å². The molecule has 0 aliphatic heterocycles. The highest BCUT2D eigenvalue weighted by molar-refractivity contribution is 6.77. The summed E-state index contributed by atoms with van der Waals surface area (Å²) in [5.41, 5.74) is 3.39. The van der Waals surface area contributed by atoms with Crippen molar-refractivity contribution >= 4 is 20.2 Å². The molecule has 6 nitrogen and oxygen atoms in total. The molecule has 0 aliphatic rings. The van der Waals surface area contributed by atoms with Gasteiger partial charge in [-0.05, 0) is 52.7 Å². The van der Waals surface area contributed by atoms with Crippen molar-refractivity contribution in [2.75, 3.05) is 20.3 Å². The zero-order chi connectivity index (χ0) is 29.7. The van der Waals surface area contributed by atoms with E-state index in [2.05, 4.69) is 48.1 Å². The maximum absolute atomic E-state index is 13.4. The topological polar surface area (TPSA) is 65.1 Å². The van der Waals surface area contributed by atoms with Crippen LogP contribution < -0.4 is 4.74 Å². The number of methoxy groups -OCH3 is 1. The zero-order valence-electron chi connectivity index (χ0n) is 25.5. The molecule has 0 saturated carbocycles. The van der Waals surface area contributed by atoms with Gasteiger partial charge in [-0.1, -0.05) is 90.1 Å². The molecule has 0 fully saturated rings. The van der Waals surface area contributed by atoms with Crippen LogP contribution in [-0.2, 0) is 31.8 Å². The molecule has 0 spiro atoms. The van der Waals surface area contributed by atoms with Crippen molar-refractivity contribution < 1.29 is 23.5 Å². The average Bonchev–Trinajstić information content (AvgIpc) is 2.93. The number of rotatable bonds is 17. The molecule has 220 valence electrons. The van der Waals surface area contributed by atoms with Gasteiger partial charge in [0.25, 0.3) is 0 Å². The third kappa shape index (κ3) is 9.06. The van der Waals surface area contributed by atoms with E-state index in [0.717, 1.165) is 16.9 Å². The minimum absolute atomic E-state index is 0.149. The van der Waals surface area contributed by atoms with Crippen molar-refractivity contribution in [3.8, 4) is 5.75 Å². The van der Waals surface area contributed by atoms with Crippen molar-refractivity contribution in [2.24, 2.45) is 0 Å². The smallest absolute Gasteiger partial charge is 0.328 e. The van der Waals surface area contributed by atoms with Crippen LogP contribution in [0.25, 0.3) is 0 Å². The SMILES string of the molecule is C=CCN(C(=O)Cc1ccc(OCc2ccccc2)cc1)[C@@H](CCCO[Si](C(C)C)(C(C)C)C(C)C)C(=O)OC. The highest BCUT2D eigenvalue weighted by Crippen LogP contribution is 2.42. The van der Waals surface area contributed by atoms with Gasteiger partial charge in [-0.15, -0.1) is 6.58 Å². The summed E-state index contributed by atoms with van der Waals surface area (Å²) in [5, 5.41) is 0. The van der Waals surface area contributed by atoms with E-state index in [9.17, 15) is 9.59 Å². The van der Waals surface area contributed by atoms with E-state index in [1.807, 2.05) is 54.6 Å². The fourth-order valence-electron chi connectivity index (χ4n) is 5.83. The molecule has 0 aliphatic carbocycles. The van der Waals surface area contributed by atoms with Crippen molar-refractivity contribution in [2.45, 2.75) is 90.1 Å². The van der Waals surface area contributed by atoms with Crippen LogP contribution in [0.4, 0.5) is 0 Å². The van der Waals surface area contributed by atoms with Gasteiger partial charge in [-0.2, -0.15) is 0 Å². The zero-order valence-corrected chi connectivity index (χ0v) is 26.5. The second-order valence-electron chi connectivity index (χ2n) is 11.3. The van der Waals surface area contributed by atoms with Gasteiger partial charge in [-0.25, -0.2) is 4.79 Å². The molecule has 1 amide bonds. The first-order valence-electron chi connectivity index (χ1n) is 14.4. The summed E-state index contributed by atoms with van der Waals surface area (Å²) in [6.07, 6.45) is 2.95. The molecule has 0 bridgehead atoms. The lowest BCUT2D eigenvalue weighted by atomic mass is 10.1. The molecule has 0 unspecified atom stereocenters. The number of nitrogens with zero attached hydrogens (tertiary/aromatic N) is 1. The summed E-state index contributed by atoms with van der Waals surface area (Å²) >= 11 is 0. The Kier molecular flexibility index (Phi) is 13.6. The first kappa shape index (κ1) is 33.3. The molecule has 1 atom stereocenters. The van der Waals surface area contributed by atoms with Gasteiger partial charge in [0.1, 0.15) is 18.4 Å². The highest BCUT2D eigenvalue weighted by Gasteiger charge is 2.45. The van der Waals surface area contributed by atoms with Crippen LogP contribution in [0, 0.1) is 0 Å². The van der Waals surface area contributed by atoms with Gasteiger partial charge in [-0.3, -0.25) is 4.79 Å². The second kappa shape index (κ2) is 16.4. The van der Waals surface area contributed by atoms with Crippen LogP contribution >= 0.6 is 0 Å². The Labute approximate surface area is 242 Å². The van der Waals surface area contributed by atoms with Crippen molar-refractivity contribution in [1.29, 1.82) is 0 Å². The Hall–Kier alpha value is -2.90. The molecular weight excluding hydrogens is 518 g/mol. The number of esters is 1. The predicted molar refractivity (Wildman–Crippen MR) is 165 cm³/mol. The molecule has 0 aromatic heterocycles. The Balaban J connectivity index is 2.05. The number of ether oxygens (including phenoxy) is 2. The Morgan fingerprint density at radius 1 is 0.900 bits per heavy atom. The van der Waals surface area contributed by atoms with E-state index in [0.29, 0.717) is 42.7 Å². The molecule has 0 radical (unpaired) electrons. The third-order valence-electron chi connectivity index (χ3n) is 7.70. The van der Waals surface area contributed by atoms with E-state index >= 15 is 0 Å². The Morgan fingerprint density at radius 3 is 2.02 bits per heavy atom. The van der Waals surface area contributed by atoms with Crippen LogP contribution in [0.3, 0.4) is 0 Å². The van der Waals surface area contributed by atoms with Gasteiger partial charge in [0.2, 0.25) is 5.91 Å². The van der Waals surface area contributed by atoms with Gasteiger partial charge in [0, 0.05) is 13.2 Å². The summed E-state index contributed by atoms with van der Waals surface area (Å²) in [5.74, 6) is 0.170. The van der Waals surface area contributed by atoms with Gasteiger partial charge in [0.15, 0.2) is 8.32 Å². The van der Waals surface area contributed by atoms with E-state index < -0.39 is 20.3 Å². The first-order valence-corrected chi connectivity index (χ1v) is 16.6. The summed E-state index contributed by atoms with van der Waals surface area (Å²) < 4.78 is 17.7. The number of amides is 1. The number of hydrogen-bond acceptors (Lipinski definition) is 5. The molecule has 2 rings (SSSR count). The highest BCUT2D eigenvalue weighted by atomic mass is 28.4. The largest absolute Gasteiger partial charge is 0.489 e. The summed E-state index contributed by atoms with van der Waals surface area (Å²) in [6.45, 7) is 18.7. The minimum Gasteiger partial charge on any atom is -0.489 e. The van der Waals surface area contributed by atoms with Crippen LogP contribution in [0.1, 0.15) is 65.5 Å². The Bertz CT molecular complexity index is 1030. The molecule has 2 aromatic carbocycles. The number of carbonyl (C=O) groups excluding carboxylic acids is 2. The van der Waals surface area contributed by atoms with E-state index in [-0.39, 0.29) is 18.9 Å². The molecule has 0 saturated heterocycles. The fourth-order valence-corrected chi connectivity index (χ4v) is 11.3. The van der Waals surface area contributed by atoms with E-state index in [4.69, 9.17) is 13.9 Å². The number of hydrogen-bond donors (Lipinski definition) is 0. The molecular formula is C33H49NO5Si. The third-order valence-corrected chi connectivity index (χ3v) is 13.8. The van der Waals surface area contributed by atoms with E-state index in [1.165, 1.54) is 7.11 Å². The van der Waals surface area contributed by atoms with Gasteiger partial charge >= 0.3 is 5.97 Å². The lowest BCUT2D eigenvalue weighted by Crippen LogP contribution is -2.48. The number of carbonyl (C=O) groups is 2. The van der Waals surface area contributed by atoms with Crippen LogP contribution in [0.2, 0.25) is 16.6 Å². The molecule has 0 heterocycles. The minimum atomic E-state index is -2.00. The van der Waals surface area contributed by atoms with Gasteiger partial charge in [0.05, 0.1) is 13.5 Å². The molecule has 0 N–H and O–H groups in total. The quantitative estimate of drug-likeness (QED) is 0.0866. The van der Waals surface area contributed by atoms with Crippen molar-refractivity contribution in [3.05, 3.63) is 78.4 Å². The monoisotopic (exact) mass is 567 g/mol. The van der Waals surface area contributed by atoms with Crippen LogP contribution in [-0.4, -0.2) is 51.4 Å². The first-order chi connectivity index (χ1) is 19.1. The molecule has 40 heavy (non-hydrogen) atoms. The summed E-state index contributed by atoms with van der Waals surface area (Å²) in [4.78, 5) is 27.9. The molecule has 7 heteroatoms. The second-order valence-corrected chi connectivity index (χ2v) is 16.7. The van der Waals surface area contributed by atoms with Gasteiger partial charge < -0.3 is 18.8 Å². The van der Waals surface area contributed by atoms with Crippen molar-refractivity contribution in [3.63, 3.8) is 0 Å². The van der Waals surface area contributed by atoms with E-state index in [1.54, 1.807) is 11.0 Å². The predicted octanol–water partition coefficient (Wildman–Crippen LogP) is 7.34. The fraction of sp³-hybridized carbons (Fsp3) is 0.515. The lowest BCUT2D eigenvalue weighted by Gasteiger charge is -2.42. The Morgan fingerprint density at radius 2 is 1.50 bits per heavy atom. The molecule has 2 aromatic rings. The maximum Gasteiger partial charge on any atom is 0.328 e. The normalized spacial score (nSPS) is 12.4. The van der Waals surface area contributed by atoms with Crippen LogP contribution in [0.5, 0.6) is 5.75 Å². The lowest BCUT2D eigenvalue weighted by molar-refractivity contribution is -0.152. The number of benzene rings is 2. The maximum atomic E-state index is 13.4.